The summed E-state index contributed by atoms with van der Waals surface area (Å²) in [5, 5.41) is 8.93. The zero-order chi connectivity index (χ0) is 17.6. The van der Waals surface area contributed by atoms with Gasteiger partial charge in [0.2, 0.25) is 5.75 Å². The van der Waals surface area contributed by atoms with Crippen molar-refractivity contribution in [1.29, 1.82) is 0 Å². The zero-order valence-corrected chi connectivity index (χ0v) is 15.3. The van der Waals surface area contributed by atoms with Gasteiger partial charge in [-0.05, 0) is 24.1 Å². The van der Waals surface area contributed by atoms with Gasteiger partial charge in [0.1, 0.15) is 0 Å². The molecule has 0 heterocycles. The van der Waals surface area contributed by atoms with Crippen molar-refractivity contribution in [2.75, 3.05) is 27.4 Å². The summed E-state index contributed by atoms with van der Waals surface area (Å²) in [7, 11) is 3.22. The van der Waals surface area contributed by atoms with E-state index >= 15 is 0 Å². The molecule has 4 heteroatoms. The van der Waals surface area contributed by atoms with Crippen molar-refractivity contribution in [3.63, 3.8) is 0 Å². The molecule has 0 fully saturated rings. The first-order valence-electron chi connectivity index (χ1n) is 8.93. The van der Waals surface area contributed by atoms with E-state index in [1.165, 1.54) is 38.5 Å². The fraction of sp³-hybridized carbons (Fsp3) is 0.600. The Balaban J connectivity index is 2.56. The topological polar surface area (TPSA) is 47.9 Å². The number of hydrogen-bond donors (Lipinski definition) is 1. The highest BCUT2D eigenvalue weighted by atomic mass is 16.5. The second-order valence-corrected chi connectivity index (χ2v) is 5.81. The first kappa shape index (κ1) is 20.4. The number of hydrogen-bond acceptors (Lipinski definition) is 4. The fourth-order valence-corrected chi connectivity index (χ4v) is 2.58. The predicted molar refractivity (Wildman–Crippen MR) is 99.2 cm³/mol. The van der Waals surface area contributed by atoms with Gasteiger partial charge in [-0.2, -0.15) is 0 Å². The van der Waals surface area contributed by atoms with E-state index in [1.807, 2.05) is 18.2 Å². The summed E-state index contributed by atoms with van der Waals surface area (Å²) in [6, 6.07) is 3.78. The lowest BCUT2D eigenvalue weighted by atomic mass is 10.1. The summed E-state index contributed by atoms with van der Waals surface area (Å²) in [4.78, 5) is 0. The van der Waals surface area contributed by atoms with Gasteiger partial charge in [-0.1, -0.05) is 57.6 Å². The van der Waals surface area contributed by atoms with Crippen LogP contribution in [0.3, 0.4) is 0 Å². The molecular formula is C20H32O4. The molecule has 0 atom stereocenters. The molecule has 1 aromatic carbocycles. The van der Waals surface area contributed by atoms with Crippen molar-refractivity contribution in [3.05, 3.63) is 23.8 Å². The highest BCUT2D eigenvalue weighted by Gasteiger charge is 2.13. The molecule has 1 aromatic rings. The molecule has 0 bridgehead atoms. The van der Waals surface area contributed by atoms with Crippen LogP contribution in [0, 0.1) is 0 Å². The van der Waals surface area contributed by atoms with Crippen molar-refractivity contribution in [2.24, 2.45) is 0 Å². The number of benzene rings is 1. The van der Waals surface area contributed by atoms with Crippen LogP contribution < -0.4 is 14.2 Å². The summed E-state index contributed by atoms with van der Waals surface area (Å²) in [6.45, 7) is 2.91. The highest BCUT2D eigenvalue weighted by Crippen LogP contribution is 2.38. The molecule has 0 unspecified atom stereocenters. The van der Waals surface area contributed by atoms with Gasteiger partial charge >= 0.3 is 0 Å². The SMILES string of the molecule is CCCCCCCCCOc1cc(C=CCO)cc(OC)c1OC. The molecule has 0 amide bonds. The van der Waals surface area contributed by atoms with Crippen LogP contribution in [0.25, 0.3) is 6.08 Å². The van der Waals surface area contributed by atoms with Crippen LogP contribution in [0.4, 0.5) is 0 Å². The fourth-order valence-electron chi connectivity index (χ4n) is 2.58. The van der Waals surface area contributed by atoms with E-state index in [2.05, 4.69) is 6.92 Å². The summed E-state index contributed by atoms with van der Waals surface area (Å²) >= 11 is 0. The van der Waals surface area contributed by atoms with E-state index in [1.54, 1.807) is 20.3 Å². The quantitative estimate of drug-likeness (QED) is 0.524. The van der Waals surface area contributed by atoms with E-state index < -0.39 is 0 Å². The number of unbranched alkanes of at least 4 members (excludes halogenated alkanes) is 6. The first-order chi connectivity index (χ1) is 11.8. The summed E-state index contributed by atoms with van der Waals surface area (Å²) < 4.78 is 16.7. The minimum atomic E-state index is 0.00255. The number of ether oxygens (including phenoxy) is 3. The maximum atomic E-state index is 8.93. The van der Waals surface area contributed by atoms with Crippen LogP contribution in [-0.4, -0.2) is 32.5 Å². The lowest BCUT2D eigenvalue weighted by Gasteiger charge is -2.15. The normalized spacial score (nSPS) is 11.0. The van der Waals surface area contributed by atoms with Gasteiger partial charge in [0, 0.05) is 0 Å². The van der Waals surface area contributed by atoms with Crippen LogP contribution >= 0.6 is 0 Å². The third-order valence-electron chi connectivity index (χ3n) is 3.89. The van der Waals surface area contributed by atoms with Crippen LogP contribution in [0.1, 0.15) is 57.4 Å². The molecule has 0 saturated carbocycles. The molecule has 0 saturated heterocycles. The molecule has 4 nitrogen and oxygen atoms in total. The summed E-state index contributed by atoms with van der Waals surface area (Å²) in [6.07, 6.45) is 12.3. The van der Waals surface area contributed by atoms with E-state index in [0.717, 1.165) is 12.0 Å². The summed E-state index contributed by atoms with van der Waals surface area (Å²) in [5.74, 6) is 1.93. The minimum Gasteiger partial charge on any atom is -0.493 e. The van der Waals surface area contributed by atoms with Crippen LogP contribution in [0.5, 0.6) is 17.2 Å². The number of aliphatic hydroxyl groups is 1. The molecule has 136 valence electrons. The van der Waals surface area contributed by atoms with E-state index in [4.69, 9.17) is 19.3 Å². The van der Waals surface area contributed by atoms with Crippen molar-refractivity contribution >= 4 is 6.08 Å². The van der Waals surface area contributed by atoms with Gasteiger partial charge in [-0.15, -0.1) is 0 Å². The largest absolute Gasteiger partial charge is 0.493 e. The Morgan fingerprint density at radius 1 is 0.917 bits per heavy atom. The smallest absolute Gasteiger partial charge is 0.203 e. The Morgan fingerprint density at radius 3 is 2.21 bits per heavy atom. The van der Waals surface area contributed by atoms with Gasteiger partial charge in [-0.3, -0.25) is 0 Å². The highest BCUT2D eigenvalue weighted by molar-refractivity contribution is 5.62. The van der Waals surface area contributed by atoms with E-state index in [0.29, 0.717) is 23.9 Å². The Morgan fingerprint density at radius 2 is 1.58 bits per heavy atom. The third kappa shape index (κ3) is 7.26. The minimum absolute atomic E-state index is 0.00255. The van der Waals surface area contributed by atoms with E-state index in [9.17, 15) is 0 Å². The molecule has 24 heavy (non-hydrogen) atoms. The summed E-state index contributed by atoms with van der Waals surface area (Å²) in [5.41, 5.74) is 0.913. The molecule has 0 aromatic heterocycles. The van der Waals surface area contributed by atoms with E-state index in [-0.39, 0.29) is 6.61 Å². The van der Waals surface area contributed by atoms with Gasteiger partial charge < -0.3 is 19.3 Å². The van der Waals surface area contributed by atoms with Crippen molar-refractivity contribution in [3.8, 4) is 17.2 Å². The monoisotopic (exact) mass is 336 g/mol. The molecule has 0 aliphatic heterocycles. The predicted octanol–water partition coefficient (Wildman–Crippen LogP) is 4.84. The first-order valence-corrected chi connectivity index (χ1v) is 8.93. The average Bonchev–Trinajstić information content (AvgIpc) is 2.61. The van der Waals surface area contributed by atoms with Gasteiger partial charge in [0.15, 0.2) is 11.5 Å². The Bertz CT molecular complexity index is 483. The van der Waals surface area contributed by atoms with Crippen molar-refractivity contribution in [2.45, 2.75) is 51.9 Å². The maximum absolute atomic E-state index is 8.93. The Labute approximate surface area is 146 Å². The number of rotatable bonds is 13. The number of methoxy groups -OCH3 is 2. The van der Waals surface area contributed by atoms with Crippen molar-refractivity contribution in [1.82, 2.24) is 0 Å². The average molecular weight is 336 g/mol. The number of aliphatic hydroxyl groups excluding tert-OH is 1. The molecule has 0 aliphatic carbocycles. The molecule has 0 radical (unpaired) electrons. The van der Waals surface area contributed by atoms with Crippen molar-refractivity contribution < 1.29 is 19.3 Å². The molecule has 0 spiro atoms. The van der Waals surface area contributed by atoms with Gasteiger partial charge in [0.25, 0.3) is 0 Å². The second-order valence-electron chi connectivity index (χ2n) is 5.81. The lowest BCUT2D eigenvalue weighted by Crippen LogP contribution is -2.01. The molecule has 1 rings (SSSR count). The standard InChI is InChI=1S/C20H32O4/c1-4-5-6-7-8-9-10-14-24-19-16-17(12-11-13-21)15-18(22-2)20(19)23-3/h11-12,15-16,21H,4-10,13-14H2,1-3H3. The van der Waals surface area contributed by atoms with Gasteiger partial charge in [-0.25, -0.2) is 0 Å². The Kier molecular flexibility index (Phi) is 10.8. The van der Waals surface area contributed by atoms with Crippen LogP contribution in [-0.2, 0) is 0 Å². The lowest BCUT2D eigenvalue weighted by molar-refractivity contribution is 0.276. The molecular weight excluding hydrogens is 304 g/mol. The zero-order valence-electron chi connectivity index (χ0n) is 15.3. The third-order valence-corrected chi connectivity index (χ3v) is 3.89. The molecule has 1 N–H and O–H groups in total. The van der Waals surface area contributed by atoms with Gasteiger partial charge in [0.05, 0.1) is 27.4 Å². The molecule has 0 aliphatic rings. The second kappa shape index (κ2) is 12.7. The Hall–Kier alpha value is -1.68. The maximum Gasteiger partial charge on any atom is 0.203 e. The van der Waals surface area contributed by atoms with Crippen LogP contribution in [0.2, 0.25) is 0 Å². The van der Waals surface area contributed by atoms with Crippen LogP contribution in [0.15, 0.2) is 18.2 Å².